The van der Waals surface area contributed by atoms with Crippen LogP contribution in [0.3, 0.4) is 0 Å². The second kappa shape index (κ2) is 5.87. The maximum atomic E-state index is 11.4. The monoisotopic (exact) mass is 279 g/mol. The van der Waals surface area contributed by atoms with Crippen molar-refractivity contribution in [3.05, 3.63) is 33.9 Å². The van der Waals surface area contributed by atoms with Crippen molar-refractivity contribution < 1.29 is 14.5 Å². The van der Waals surface area contributed by atoms with Gasteiger partial charge in [-0.05, 0) is 25.3 Å². The van der Waals surface area contributed by atoms with Gasteiger partial charge in [0.1, 0.15) is 11.9 Å². The van der Waals surface area contributed by atoms with E-state index in [0.29, 0.717) is 0 Å². The second-order valence-corrected chi connectivity index (χ2v) is 4.91. The van der Waals surface area contributed by atoms with Gasteiger partial charge in [-0.15, -0.1) is 0 Å². The zero-order valence-electron chi connectivity index (χ0n) is 11.0. The first-order chi connectivity index (χ1) is 9.49. The van der Waals surface area contributed by atoms with Crippen molar-refractivity contribution in [2.45, 2.75) is 37.8 Å². The summed E-state index contributed by atoms with van der Waals surface area (Å²) in [4.78, 5) is 21.5. The molecular weight excluding hydrogens is 262 g/mol. The van der Waals surface area contributed by atoms with E-state index in [9.17, 15) is 14.9 Å². The number of nitro groups is 1. The molecule has 4 N–H and O–H groups in total. The van der Waals surface area contributed by atoms with Crippen LogP contribution < -0.4 is 16.2 Å². The molecule has 1 amide bonds. The van der Waals surface area contributed by atoms with Crippen LogP contribution in [0.2, 0.25) is 0 Å². The topological polar surface area (TPSA) is 121 Å². The molecule has 20 heavy (non-hydrogen) atoms. The summed E-state index contributed by atoms with van der Waals surface area (Å²) in [6.07, 6.45) is 3.55. The van der Waals surface area contributed by atoms with Crippen LogP contribution in [0.1, 0.15) is 36.0 Å². The molecule has 0 bridgehead atoms. The lowest BCUT2D eigenvalue weighted by Crippen LogP contribution is -2.41. The third kappa shape index (κ3) is 3.05. The molecule has 1 fully saturated rings. The highest BCUT2D eigenvalue weighted by Gasteiger charge is 2.25. The molecular formula is C13H17N3O4. The molecule has 1 aromatic rings. The van der Waals surface area contributed by atoms with E-state index in [-0.39, 0.29) is 29.1 Å². The van der Waals surface area contributed by atoms with E-state index in [0.717, 1.165) is 31.7 Å². The van der Waals surface area contributed by atoms with E-state index in [4.69, 9.17) is 16.2 Å². The number of nitrogens with zero attached hydrogens (tertiary/aromatic N) is 1. The van der Waals surface area contributed by atoms with Gasteiger partial charge in [0.25, 0.3) is 11.6 Å². The van der Waals surface area contributed by atoms with Crippen molar-refractivity contribution in [3.8, 4) is 5.75 Å². The number of nitro benzene ring substituents is 1. The number of carbonyl (C=O) groups is 1. The lowest BCUT2D eigenvalue weighted by Gasteiger charge is -2.29. The highest BCUT2D eigenvalue weighted by Crippen LogP contribution is 2.28. The smallest absolute Gasteiger partial charge is 0.270 e. The number of hydrogen-bond donors (Lipinski definition) is 2. The molecule has 1 aromatic carbocycles. The fourth-order valence-corrected chi connectivity index (χ4v) is 2.36. The van der Waals surface area contributed by atoms with Crippen molar-refractivity contribution in [2.24, 2.45) is 11.5 Å². The molecule has 1 aliphatic rings. The zero-order chi connectivity index (χ0) is 14.7. The van der Waals surface area contributed by atoms with Crippen molar-refractivity contribution in [3.63, 3.8) is 0 Å². The average Bonchev–Trinajstić information content (AvgIpc) is 2.41. The lowest BCUT2D eigenvalue weighted by molar-refractivity contribution is -0.384. The molecule has 108 valence electrons. The Hall–Kier alpha value is -2.15. The highest BCUT2D eigenvalue weighted by molar-refractivity contribution is 5.96. The molecule has 0 radical (unpaired) electrons. The minimum absolute atomic E-state index is 0.0111. The minimum Gasteiger partial charge on any atom is -0.488 e. The van der Waals surface area contributed by atoms with Gasteiger partial charge >= 0.3 is 0 Å². The molecule has 7 heteroatoms. The molecule has 1 saturated carbocycles. The number of primary amides is 1. The Balaban J connectivity index is 2.26. The maximum Gasteiger partial charge on any atom is 0.270 e. The predicted octanol–water partition coefficient (Wildman–Crippen LogP) is 1.34. The van der Waals surface area contributed by atoms with Gasteiger partial charge in [-0.25, -0.2) is 0 Å². The number of non-ortho nitro benzene ring substituents is 1. The van der Waals surface area contributed by atoms with Gasteiger partial charge < -0.3 is 16.2 Å². The summed E-state index contributed by atoms with van der Waals surface area (Å²) >= 11 is 0. The quantitative estimate of drug-likeness (QED) is 0.636. The van der Waals surface area contributed by atoms with Crippen LogP contribution in [0, 0.1) is 10.1 Å². The third-order valence-electron chi connectivity index (χ3n) is 3.47. The largest absolute Gasteiger partial charge is 0.488 e. The van der Waals surface area contributed by atoms with Crippen LogP contribution in [0.5, 0.6) is 5.75 Å². The van der Waals surface area contributed by atoms with Gasteiger partial charge in [-0.3, -0.25) is 14.9 Å². The zero-order valence-corrected chi connectivity index (χ0v) is 11.0. The van der Waals surface area contributed by atoms with Crippen LogP contribution in [0.25, 0.3) is 0 Å². The third-order valence-corrected chi connectivity index (χ3v) is 3.47. The average molecular weight is 279 g/mol. The molecule has 2 atom stereocenters. The lowest BCUT2D eigenvalue weighted by atomic mass is 9.93. The Morgan fingerprint density at radius 3 is 2.65 bits per heavy atom. The molecule has 2 unspecified atom stereocenters. The summed E-state index contributed by atoms with van der Waals surface area (Å²) in [6, 6.07) is 3.72. The van der Waals surface area contributed by atoms with E-state index in [1.54, 1.807) is 0 Å². The van der Waals surface area contributed by atoms with Gasteiger partial charge in [0, 0.05) is 18.2 Å². The van der Waals surface area contributed by atoms with Crippen LogP contribution in [0.4, 0.5) is 5.69 Å². The SMILES string of the molecule is NC(=O)c1cc([N+](=O)[O-])ccc1OC1CCCCC1N. The Morgan fingerprint density at radius 2 is 2.05 bits per heavy atom. The molecule has 0 spiro atoms. The highest BCUT2D eigenvalue weighted by atomic mass is 16.6. The van der Waals surface area contributed by atoms with Crippen molar-refractivity contribution in [1.82, 2.24) is 0 Å². The van der Waals surface area contributed by atoms with E-state index >= 15 is 0 Å². The van der Waals surface area contributed by atoms with Crippen LogP contribution in [-0.2, 0) is 0 Å². The Kier molecular flexibility index (Phi) is 4.19. The fraction of sp³-hybridized carbons (Fsp3) is 0.462. The number of rotatable bonds is 4. The van der Waals surface area contributed by atoms with Crippen LogP contribution in [0.15, 0.2) is 18.2 Å². The summed E-state index contributed by atoms with van der Waals surface area (Å²) < 4.78 is 5.75. The molecule has 2 rings (SSSR count). The number of amides is 1. The van der Waals surface area contributed by atoms with Gasteiger partial charge in [0.15, 0.2) is 0 Å². The Labute approximate surface area is 116 Å². The van der Waals surface area contributed by atoms with E-state index in [2.05, 4.69) is 0 Å². The predicted molar refractivity (Wildman–Crippen MR) is 72.5 cm³/mol. The van der Waals surface area contributed by atoms with Gasteiger partial charge in [-0.1, -0.05) is 6.42 Å². The first-order valence-electron chi connectivity index (χ1n) is 6.49. The first kappa shape index (κ1) is 14.3. The molecule has 0 heterocycles. The summed E-state index contributed by atoms with van der Waals surface area (Å²) in [6.45, 7) is 0. The van der Waals surface area contributed by atoms with Gasteiger partial charge in [0.05, 0.1) is 10.5 Å². The summed E-state index contributed by atoms with van der Waals surface area (Å²) in [5, 5.41) is 10.7. The Morgan fingerprint density at radius 1 is 1.35 bits per heavy atom. The second-order valence-electron chi connectivity index (χ2n) is 4.91. The maximum absolute atomic E-state index is 11.4. The minimum atomic E-state index is -0.756. The number of nitrogens with two attached hydrogens (primary N) is 2. The molecule has 0 aliphatic heterocycles. The first-order valence-corrected chi connectivity index (χ1v) is 6.49. The fourth-order valence-electron chi connectivity index (χ4n) is 2.36. The summed E-state index contributed by atoms with van der Waals surface area (Å²) in [5.41, 5.74) is 11.0. The molecule has 7 nitrogen and oxygen atoms in total. The number of ether oxygens (including phenoxy) is 1. The number of hydrogen-bond acceptors (Lipinski definition) is 5. The molecule has 0 aromatic heterocycles. The Bertz CT molecular complexity index is 532. The van der Waals surface area contributed by atoms with E-state index < -0.39 is 10.8 Å². The summed E-state index contributed by atoms with van der Waals surface area (Å²) in [5.74, 6) is -0.501. The van der Waals surface area contributed by atoms with Crippen molar-refractivity contribution in [2.75, 3.05) is 0 Å². The van der Waals surface area contributed by atoms with Crippen LogP contribution >= 0.6 is 0 Å². The standard InChI is InChI=1S/C13H17N3O4/c14-10-3-1-2-4-12(10)20-11-6-5-8(16(18)19)7-9(11)13(15)17/h5-7,10,12H,1-4,14H2,(H2,15,17). The van der Waals surface area contributed by atoms with Gasteiger partial charge in [-0.2, -0.15) is 0 Å². The van der Waals surface area contributed by atoms with E-state index in [1.165, 1.54) is 12.1 Å². The number of carbonyl (C=O) groups excluding carboxylic acids is 1. The van der Waals surface area contributed by atoms with Crippen molar-refractivity contribution >= 4 is 11.6 Å². The van der Waals surface area contributed by atoms with Crippen LogP contribution in [-0.4, -0.2) is 23.0 Å². The van der Waals surface area contributed by atoms with Crippen molar-refractivity contribution in [1.29, 1.82) is 0 Å². The normalized spacial score (nSPS) is 22.2. The molecule has 0 saturated heterocycles. The summed E-state index contributed by atoms with van der Waals surface area (Å²) in [7, 11) is 0. The molecule has 1 aliphatic carbocycles. The number of benzene rings is 1. The van der Waals surface area contributed by atoms with E-state index in [1.807, 2.05) is 0 Å². The van der Waals surface area contributed by atoms with Gasteiger partial charge in [0.2, 0.25) is 0 Å².